The highest BCUT2D eigenvalue weighted by atomic mass is 16.5. The van der Waals surface area contributed by atoms with Gasteiger partial charge >= 0.3 is 0 Å². The molecule has 8 nitrogen and oxygen atoms in total. The molecule has 0 amide bonds. The van der Waals surface area contributed by atoms with Crippen LogP contribution in [-0.2, 0) is 16.0 Å². The smallest absolute Gasteiger partial charge is 0.193 e. The third-order valence-corrected chi connectivity index (χ3v) is 4.11. The van der Waals surface area contributed by atoms with Gasteiger partial charge in [0.1, 0.15) is 17.8 Å². The molecule has 0 aliphatic carbocycles. The van der Waals surface area contributed by atoms with Gasteiger partial charge in [0.2, 0.25) is 0 Å². The van der Waals surface area contributed by atoms with E-state index in [2.05, 4.69) is 26.7 Å². The number of rotatable bonds is 5. The number of guanidine groups is 1. The number of benzene rings is 1. The van der Waals surface area contributed by atoms with Gasteiger partial charge < -0.3 is 20.5 Å². The molecule has 1 aromatic carbocycles. The normalized spacial score (nSPS) is 20.8. The predicted octanol–water partition coefficient (Wildman–Crippen LogP) is 1.41. The maximum Gasteiger partial charge on any atom is 0.193 e. The molecule has 1 aliphatic heterocycles. The second-order valence-corrected chi connectivity index (χ2v) is 6.27. The fourth-order valence-electron chi connectivity index (χ4n) is 2.94. The second kappa shape index (κ2) is 7.62. The van der Waals surface area contributed by atoms with Crippen LogP contribution in [0.3, 0.4) is 0 Å². The summed E-state index contributed by atoms with van der Waals surface area (Å²) in [7, 11) is 1.67. The van der Waals surface area contributed by atoms with E-state index in [1.54, 1.807) is 11.8 Å². The van der Waals surface area contributed by atoms with Gasteiger partial charge in [-0.25, -0.2) is 9.67 Å². The van der Waals surface area contributed by atoms with Crippen LogP contribution in [-0.4, -0.2) is 47.4 Å². The minimum absolute atomic E-state index is 0.00523. The van der Waals surface area contributed by atoms with E-state index in [0.717, 1.165) is 11.4 Å². The molecule has 0 spiro atoms. The predicted molar refractivity (Wildman–Crippen MR) is 95.5 cm³/mol. The van der Waals surface area contributed by atoms with Crippen molar-refractivity contribution in [2.75, 3.05) is 25.6 Å². The Balaban J connectivity index is 1.61. The van der Waals surface area contributed by atoms with Crippen LogP contribution in [0.1, 0.15) is 22.9 Å². The number of aliphatic imine (C=N–C) groups is 1. The summed E-state index contributed by atoms with van der Waals surface area (Å²) in [6, 6.07) is 6.20. The largest absolute Gasteiger partial charge is 0.377 e. The van der Waals surface area contributed by atoms with Crippen LogP contribution in [0.5, 0.6) is 0 Å². The van der Waals surface area contributed by atoms with Gasteiger partial charge in [-0.05, 0) is 37.1 Å². The molecule has 8 heteroatoms. The summed E-state index contributed by atoms with van der Waals surface area (Å²) < 4.78 is 12.6. The maximum atomic E-state index is 5.97. The van der Waals surface area contributed by atoms with E-state index in [1.165, 1.54) is 11.1 Å². The summed E-state index contributed by atoms with van der Waals surface area (Å²) in [5.41, 5.74) is 9.98. The number of nitrogens with zero attached hydrogens (tertiary/aromatic N) is 4. The molecular weight excluding hydrogens is 320 g/mol. The fourth-order valence-corrected chi connectivity index (χ4v) is 2.94. The van der Waals surface area contributed by atoms with Gasteiger partial charge in [0.05, 0.1) is 26.0 Å². The average Bonchev–Trinajstić information content (AvgIpc) is 3.20. The Labute approximate surface area is 147 Å². The van der Waals surface area contributed by atoms with Crippen molar-refractivity contribution in [3.05, 3.63) is 41.2 Å². The van der Waals surface area contributed by atoms with Gasteiger partial charge in [-0.2, -0.15) is 0 Å². The van der Waals surface area contributed by atoms with Crippen LogP contribution in [0.4, 0.5) is 5.69 Å². The summed E-state index contributed by atoms with van der Waals surface area (Å²) >= 11 is 0. The lowest BCUT2D eigenvalue weighted by Crippen LogP contribution is -2.24. The summed E-state index contributed by atoms with van der Waals surface area (Å²) in [6.07, 6.45) is 1.85. The number of hydrogen-bond acceptors (Lipinski definition) is 5. The van der Waals surface area contributed by atoms with Crippen LogP contribution in [0.25, 0.3) is 0 Å². The molecule has 0 radical (unpaired) electrons. The first kappa shape index (κ1) is 17.4. The van der Waals surface area contributed by atoms with Crippen molar-refractivity contribution in [2.24, 2.45) is 10.7 Å². The van der Waals surface area contributed by atoms with Crippen LogP contribution < -0.4 is 11.1 Å². The van der Waals surface area contributed by atoms with E-state index >= 15 is 0 Å². The van der Waals surface area contributed by atoms with Gasteiger partial charge in [-0.3, -0.25) is 0 Å². The minimum Gasteiger partial charge on any atom is -0.377 e. The Morgan fingerprint density at radius 2 is 2.12 bits per heavy atom. The molecule has 134 valence electrons. The molecule has 0 bridgehead atoms. The molecule has 3 N–H and O–H groups in total. The number of anilines is 1. The van der Waals surface area contributed by atoms with Crippen molar-refractivity contribution < 1.29 is 9.47 Å². The van der Waals surface area contributed by atoms with Crippen molar-refractivity contribution >= 4 is 11.6 Å². The standard InChI is InChI=1S/C17H24N6O2/c1-11-4-12(2)6-13(5-11)20-17(18)19-7-14-8-23(22-21-14)15-9-25-10-16(15)24-3/h4-6,8,15-16H,7,9-10H2,1-3H3,(H3,18,19,20)/t15-,16-/m1/s1. The highest BCUT2D eigenvalue weighted by molar-refractivity contribution is 5.92. The molecule has 2 atom stereocenters. The van der Waals surface area contributed by atoms with Crippen molar-refractivity contribution in [1.29, 1.82) is 0 Å². The summed E-state index contributed by atoms with van der Waals surface area (Å²) in [5.74, 6) is 0.346. The summed E-state index contributed by atoms with van der Waals surface area (Å²) in [5, 5.41) is 11.4. The number of methoxy groups -OCH3 is 1. The maximum absolute atomic E-state index is 5.97. The second-order valence-electron chi connectivity index (χ2n) is 6.27. The van der Waals surface area contributed by atoms with Gasteiger partial charge in [-0.1, -0.05) is 11.3 Å². The lowest BCUT2D eigenvalue weighted by molar-refractivity contribution is 0.0661. The first-order valence-electron chi connectivity index (χ1n) is 8.21. The Hall–Kier alpha value is -2.45. The number of hydrogen-bond donors (Lipinski definition) is 2. The van der Waals surface area contributed by atoms with E-state index in [-0.39, 0.29) is 12.1 Å². The van der Waals surface area contributed by atoms with Crippen LogP contribution in [0.2, 0.25) is 0 Å². The molecule has 3 rings (SSSR count). The molecule has 1 aromatic heterocycles. The lowest BCUT2D eigenvalue weighted by atomic mass is 10.1. The Bertz CT molecular complexity index is 737. The number of nitrogens with one attached hydrogen (secondary N) is 1. The molecule has 0 unspecified atom stereocenters. The zero-order valence-corrected chi connectivity index (χ0v) is 14.8. The number of aryl methyl sites for hydroxylation is 2. The minimum atomic E-state index is -0.00523. The van der Waals surface area contributed by atoms with Crippen LogP contribution in [0, 0.1) is 13.8 Å². The molecule has 0 saturated carbocycles. The quantitative estimate of drug-likeness (QED) is 0.628. The van der Waals surface area contributed by atoms with Crippen molar-refractivity contribution in [3.8, 4) is 0 Å². The van der Waals surface area contributed by atoms with Crippen molar-refractivity contribution in [1.82, 2.24) is 15.0 Å². The van der Waals surface area contributed by atoms with E-state index in [4.69, 9.17) is 15.2 Å². The van der Waals surface area contributed by atoms with Gasteiger partial charge in [-0.15, -0.1) is 5.10 Å². The van der Waals surface area contributed by atoms with Crippen molar-refractivity contribution in [2.45, 2.75) is 32.5 Å². The lowest BCUT2D eigenvalue weighted by Gasteiger charge is -2.15. The molecule has 1 fully saturated rings. The number of aromatic nitrogens is 3. The Morgan fingerprint density at radius 1 is 1.36 bits per heavy atom. The van der Waals surface area contributed by atoms with Crippen LogP contribution >= 0.6 is 0 Å². The van der Waals surface area contributed by atoms with Gasteiger partial charge in [0.25, 0.3) is 0 Å². The molecule has 2 aromatic rings. The molecule has 1 saturated heterocycles. The van der Waals surface area contributed by atoms with E-state index in [0.29, 0.717) is 25.7 Å². The monoisotopic (exact) mass is 344 g/mol. The number of nitrogens with two attached hydrogens (primary N) is 1. The topological polar surface area (TPSA) is 99.6 Å². The third-order valence-electron chi connectivity index (χ3n) is 4.11. The summed E-state index contributed by atoms with van der Waals surface area (Å²) in [4.78, 5) is 4.33. The van der Waals surface area contributed by atoms with Gasteiger partial charge in [0, 0.05) is 12.8 Å². The van der Waals surface area contributed by atoms with E-state index in [1.807, 2.05) is 32.2 Å². The fraction of sp³-hybridized carbons (Fsp3) is 0.471. The Kier molecular flexibility index (Phi) is 5.30. The highest BCUT2D eigenvalue weighted by Crippen LogP contribution is 2.21. The number of ether oxygens (including phenoxy) is 2. The summed E-state index contributed by atoms with van der Waals surface area (Å²) in [6.45, 7) is 5.59. The van der Waals surface area contributed by atoms with E-state index < -0.39 is 0 Å². The molecular formula is C17H24N6O2. The zero-order valence-electron chi connectivity index (χ0n) is 14.8. The van der Waals surface area contributed by atoms with Crippen LogP contribution in [0.15, 0.2) is 29.4 Å². The van der Waals surface area contributed by atoms with E-state index in [9.17, 15) is 0 Å². The van der Waals surface area contributed by atoms with Gasteiger partial charge in [0.15, 0.2) is 5.96 Å². The molecule has 25 heavy (non-hydrogen) atoms. The Morgan fingerprint density at radius 3 is 2.84 bits per heavy atom. The third kappa shape index (κ3) is 4.34. The zero-order chi connectivity index (χ0) is 17.8. The molecule has 1 aliphatic rings. The SMILES string of the molecule is CO[C@@H]1COC[C@H]1n1cc(CN=C(N)Nc2cc(C)cc(C)c2)nn1. The highest BCUT2D eigenvalue weighted by Gasteiger charge is 2.30. The van der Waals surface area contributed by atoms with Crippen molar-refractivity contribution in [3.63, 3.8) is 0 Å². The first-order chi connectivity index (χ1) is 12.0. The molecule has 2 heterocycles. The first-order valence-corrected chi connectivity index (χ1v) is 8.21. The average molecular weight is 344 g/mol.